The summed E-state index contributed by atoms with van der Waals surface area (Å²) in [5.74, 6) is 1.83. The molecule has 134 valence electrons. The van der Waals surface area contributed by atoms with Gasteiger partial charge in [0.05, 0.1) is 23.4 Å². The number of aliphatic hydroxyl groups is 1. The van der Waals surface area contributed by atoms with E-state index in [2.05, 4.69) is 16.7 Å². The number of allylic oxidation sites excluding steroid dienone is 1. The molecule has 4 rings (SSSR count). The summed E-state index contributed by atoms with van der Waals surface area (Å²) in [7, 11) is 1.67. The Morgan fingerprint density at radius 1 is 1.31 bits per heavy atom. The molecule has 0 fully saturated rings. The van der Waals surface area contributed by atoms with Gasteiger partial charge in [-0.15, -0.1) is 11.8 Å². The zero-order valence-electron chi connectivity index (χ0n) is 14.7. The minimum atomic E-state index is 0.220. The van der Waals surface area contributed by atoms with Crippen molar-refractivity contribution in [3.8, 4) is 5.75 Å². The fourth-order valence-electron chi connectivity index (χ4n) is 3.34. The van der Waals surface area contributed by atoms with E-state index in [4.69, 9.17) is 10.5 Å². The number of rotatable bonds is 4. The van der Waals surface area contributed by atoms with Crippen LogP contribution in [-0.4, -0.2) is 18.0 Å². The summed E-state index contributed by atoms with van der Waals surface area (Å²) in [6.45, 7) is 2.53. The number of benzene rings is 2. The SMILES string of the molecule is COc1cc(C)c2c(c1Nc1ccc(CN)cc1)C1=CCSC1=C(O)N2. The van der Waals surface area contributed by atoms with Crippen molar-refractivity contribution in [1.82, 2.24) is 0 Å². The van der Waals surface area contributed by atoms with Crippen LogP contribution in [0.2, 0.25) is 0 Å². The molecule has 2 aromatic rings. The summed E-state index contributed by atoms with van der Waals surface area (Å²) >= 11 is 1.63. The summed E-state index contributed by atoms with van der Waals surface area (Å²) < 4.78 is 5.66. The van der Waals surface area contributed by atoms with Gasteiger partial charge in [0, 0.05) is 29.1 Å². The average molecular weight is 367 g/mol. The highest BCUT2D eigenvalue weighted by molar-refractivity contribution is 8.04. The van der Waals surface area contributed by atoms with E-state index in [0.717, 1.165) is 55.7 Å². The lowest BCUT2D eigenvalue weighted by atomic mass is 9.94. The number of anilines is 3. The maximum absolute atomic E-state index is 10.4. The fourth-order valence-corrected chi connectivity index (χ4v) is 4.28. The van der Waals surface area contributed by atoms with Crippen LogP contribution in [0, 0.1) is 6.92 Å². The topological polar surface area (TPSA) is 79.5 Å². The Hall–Kier alpha value is -2.57. The molecular formula is C20H21N3O2S. The standard InChI is InChI=1S/C20H21N3O2S/c1-11-9-15(25-2)18(22-13-5-3-12(10-21)4-6-13)16-14-7-8-26-19(14)20(24)23-17(11)16/h3-7,9,22-24H,8,10,21H2,1-2H3. The van der Waals surface area contributed by atoms with Crippen LogP contribution >= 0.6 is 11.8 Å². The number of nitrogens with two attached hydrogens (primary N) is 1. The van der Waals surface area contributed by atoms with Gasteiger partial charge in [0.25, 0.3) is 0 Å². The highest BCUT2D eigenvalue weighted by Crippen LogP contribution is 2.52. The molecule has 0 atom stereocenters. The second-order valence-electron chi connectivity index (χ2n) is 6.28. The summed E-state index contributed by atoms with van der Waals surface area (Å²) in [4.78, 5) is 0.881. The number of nitrogens with one attached hydrogen (secondary N) is 2. The minimum Gasteiger partial charge on any atom is -0.495 e. The highest BCUT2D eigenvalue weighted by Gasteiger charge is 2.31. The molecule has 0 saturated heterocycles. The van der Waals surface area contributed by atoms with Gasteiger partial charge >= 0.3 is 0 Å². The number of methoxy groups -OCH3 is 1. The van der Waals surface area contributed by atoms with Gasteiger partial charge < -0.3 is 26.2 Å². The molecular weight excluding hydrogens is 346 g/mol. The van der Waals surface area contributed by atoms with E-state index in [9.17, 15) is 5.11 Å². The molecule has 0 bridgehead atoms. The number of fused-ring (bicyclic) bond motifs is 3. The molecule has 5 nitrogen and oxygen atoms in total. The van der Waals surface area contributed by atoms with Crippen LogP contribution in [0.5, 0.6) is 5.75 Å². The summed E-state index contributed by atoms with van der Waals surface area (Å²) in [5, 5.41) is 17.0. The molecule has 0 aromatic heterocycles. The van der Waals surface area contributed by atoms with Crippen molar-refractivity contribution in [3.05, 3.63) is 63.9 Å². The van der Waals surface area contributed by atoms with Crippen LogP contribution in [0.4, 0.5) is 17.1 Å². The van der Waals surface area contributed by atoms with Gasteiger partial charge in [-0.3, -0.25) is 0 Å². The Morgan fingerprint density at radius 2 is 2.08 bits per heavy atom. The van der Waals surface area contributed by atoms with E-state index >= 15 is 0 Å². The zero-order valence-corrected chi connectivity index (χ0v) is 15.5. The first-order valence-electron chi connectivity index (χ1n) is 8.44. The molecule has 6 heteroatoms. The fraction of sp³-hybridized carbons (Fsp3) is 0.200. The number of aliphatic hydroxyl groups excluding tert-OH is 1. The maximum Gasteiger partial charge on any atom is 0.203 e. The molecule has 5 N–H and O–H groups in total. The Bertz CT molecular complexity index is 933. The molecule has 0 aliphatic carbocycles. The second kappa shape index (κ2) is 6.63. The monoisotopic (exact) mass is 367 g/mol. The molecule has 2 heterocycles. The van der Waals surface area contributed by atoms with Gasteiger partial charge in [-0.2, -0.15) is 0 Å². The number of hydrogen-bond donors (Lipinski definition) is 4. The smallest absolute Gasteiger partial charge is 0.203 e. The normalized spacial score (nSPS) is 15.1. The van der Waals surface area contributed by atoms with E-state index < -0.39 is 0 Å². The van der Waals surface area contributed by atoms with Crippen LogP contribution in [0.1, 0.15) is 16.7 Å². The lowest BCUT2D eigenvalue weighted by molar-refractivity contribution is 0.414. The molecule has 2 aliphatic rings. The highest BCUT2D eigenvalue weighted by atomic mass is 32.2. The molecule has 26 heavy (non-hydrogen) atoms. The maximum atomic E-state index is 10.4. The summed E-state index contributed by atoms with van der Waals surface area (Å²) in [5.41, 5.74) is 12.6. The van der Waals surface area contributed by atoms with Crippen LogP contribution in [0.25, 0.3) is 5.57 Å². The molecule has 2 aliphatic heterocycles. The van der Waals surface area contributed by atoms with Crippen molar-refractivity contribution in [2.75, 3.05) is 23.5 Å². The Balaban J connectivity index is 1.86. The predicted octanol–water partition coefficient (Wildman–Crippen LogP) is 4.49. The Labute approximate surface area is 156 Å². The van der Waals surface area contributed by atoms with E-state index in [1.54, 1.807) is 18.9 Å². The number of thioether (sulfide) groups is 1. The first-order valence-corrected chi connectivity index (χ1v) is 9.42. The van der Waals surface area contributed by atoms with Crippen molar-refractivity contribution in [2.45, 2.75) is 13.5 Å². The van der Waals surface area contributed by atoms with Crippen molar-refractivity contribution >= 4 is 34.4 Å². The van der Waals surface area contributed by atoms with Gasteiger partial charge in [-0.05, 0) is 36.2 Å². The molecule has 0 saturated carbocycles. The zero-order chi connectivity index (χ0) is 18.3. The van der Waals surface area contributed by atoms with Crippen molar-refractivity contribution in [3.63, 3.8) is 0 Å². The van der Waals surface area contributed by atoms with Crippen LogP contribution in [-0.2, 0) is 6.54 Å². The average Bonchev–Trinajstić information content (AvgIpc) is 3.15. The predicted molar refractivity (Wildman–Crippen MR) is 109 cm³/mol. The lowest BCUT2D eigenvalue weighted by Crippen LogP contribution is -2.13. The molecule has 0 spiro atoms. The van der Waals surface area contributed by atoms with Crippen LogP contribution in [0.3, 0.4) is 0 Å². The third-order valence-corrected chi connectivity index (χ3v) is 5.69. The third-order valence-electron chi connectivity index (χ3n) is 4.65. The van der Waals surface area contributed by atoms with E-state index in [1.165, 1.54) is 0 Å². The molecule has 0 radical (unpaired) electrons. The molecule has 2 aromatic carbocycles. The second-order valence-corrected chi connectivity index (χ2v) is 7.31. The quantitative estimate of drug-likeness (QED) is 0.638. The first kappa shape index (κ1) is 16.9. The van der Waals surface area contributed by atoms with E-state index in [0.29, 0.717) is 6.54 Å². The van der Waals surface area contributed by atoms with Gasteiger partial charge in [0.15, 0.2) is 0 Å². The largest absolute Gasteiger partial charge is 0.495 e. The molecule has 0 unspecified atom stereocenters. The van der Waals surface area contributed by atoms with Gasteiger partial charge in [0.1, 0.15) is 5.75 Å². The number of ether oxygens (including phenoxy) is 1. The summed E-state index contributed by atoms with van der Waals surface area (Å²) in [6, 6.07) is 10.0. The minimum absolute atomic E-state index is 0.220. The first-order chi connectivity index (χ1) is 12.6. The molecule has 0 amide bonds. The van der Waals surface area contributed by atoms with Crippen molar-refractivity contribution < 1.29 is 9.84 Å². The van der Waals surface area contributed by atoms with Gasteiger partial charge in [0.2, 0.25) is 5.88 Å². The van der Waals surface area contributed by atoms with E-state index in [1.807, 2.05) is 37.3 Å². The lowest BCUT2D eigenvalue weighted by Gasteiger charge is -2.27. The summed E-state index contributed by atoms with van der Waals surface area (Å²) in [6.07, 6.45) is 2.15. The van der Waals surface area contributed by atoms with Gasteiger partial charge in [-0.25, -0.2) is 0 Å². The van der Waals surface area contributed by atoms with Crippen molar-refractivity contribution in [2.24, 2.45) is 5.73 Å². The third kappa shape index (κ3) is 2.71. The van der Waals surface area contributed by atoms with Crippen LogP contribution < -0.4 is 21.1 Å². The Kier molecular flexibility index (Phi) is 4.30. The number of aryl methyl sites for hydroxylation is 1. The Morgan fingerprint density at radius 3 is 2.77 bits per heavy atom. The van der Waals surface area contributed by atoms with Crippen LogP contribution in [0.15, 0.2) is 47.2 Å². The van der Waals surface area contributed by atoms with Crippen molar-refractivity contribution in [1.29, 1.82) is 0 Å². The van der Waals surface area contributed by atoms with E-state index in [-0.39, 0.29) is 5.88 Å². The van der Waals surface area contributed by atoms with Gasteiger partial charge in [-0.1, -0.05) is 18.2 Å². The number of hydrogen-bond acceptors (Lipinski definition) is 6.